The molecule has 0 aromatic heterocycles. The minimum absolute atomic E-state index is 0.0728. The highest BCUT2D eigenvalue weighted by atomic mass is 16.6. The van der Waals surface area contributed by atoms with Crippen LogP contribution in [0.25, 0.3) is 0 Å². The predicted molar refractivity (Wildman–Crippen MR) is 83.3 cm³/mol. The van der Waals surface area contributed by atoms with Crippen LogP contribution in [0.2, 0.25) is 0 Å². The standard InChI is InChI=1S/C16H15N3O3/c20-19(21)15-4-2-1-3-13(15)11-22-14-7-5-12(6-8-14)16-17-9-10-18-16/h1-8H,9-11H2,(H,17,18). The van der Waals surface area contributed by atoms with Crippen molar-refractivity contribution in [3.8, 4) is 5.75 Å². The summed E-state index contributed by atoms with van der Waals surface area (Å²) in [5, 5.41) is 14.2. The van der Waals surface area contributed by atoms with Crippen molar-refractivity contribution < 1.29 is 9.66 Å². The van der Waals surface area contributed by atoms with Crippen LogP contribution in [0.1, 0.15) is 11.1 Å². The molecule has 0 radical (unpaired) electrons. The van der Waals surface area contributed by atoms with Gasteiger partial charge in [0.25, 0.3) is 5.69 Å². The van der Waals surface area contributed by atoms with Crippen molar-refractivity contribution in [1.29, 1.82) is 0 Å². The van der Waals surface area contributed by atoms with Crippen LogP contribution in [0.3, 0.4) is 0 Å². The lowest BCUT2D eigenvalue weighted by Gasteiger charge is -2.08. The van der Waals surface area contributed by atoms with Crippen LogP contribution < -0.4 is 10.1 Å². The minimum Gasteiger partial charge on any atom is -0.489 e. The molecule has 22 heavy (non-hydrogen) atoms. The Morgan fingerprint density at radius 2 is 1.95 bits per heavy atom. The molecule has 2 aromatic rings. The van der Waals surface area contributed by atoms with Gasteiger partial charge in [0.2, 0.25) is 0 Å². The lowest BCUT2D eigenvalue weighted by Crippen LogP contribution is -2.19. The minimum atomic E-state index is -0.397. The Morgan fingerprint density at radius 1 is 1.18 bits per heavy atom. The summed E-state index contributed by atoms with van der Waals surface area (Å²) in [5.74, 6) is 1.56. The lowest BCUT2D eigenvalue weighted by atomic mass is 10.2. The number of nitro benzene ring substituents is 1. The van der Waals surface area contributed by atoms with Gasteiger partial charge in [0.05, 0.1) is 17.0 Å². The summed E-state index contributed by atoms with van der Waals surface area (Å²) in [6.45, 7) is 1.83. The predicted octanol–water partition coefficient (Wildman–Crippen LogP) is 2.52. The molecule has 6 heteroatoms. The average Bonchev–Trinajstić information content (AvgIpc) is 3.08. The highest BCUT2D eigenvalue weighted by Gasteiger charge is 2.13. The van der Waals surface area contributed by atoms with Gasteiger partial charge in [-0.2, -0.15) is 0 Å². The number of hydrogen-bond acceptors (Lipinski definition) is 5. The maximum atomic E-state index is 11.0. The van der Waals surface area contributed by atoms with Crippen molar-refractivity contribution in [2.45, 2.75) is 6.61 Å². The van der Waals surface area contributed by atoms with Crippen LogP contribution in [0.4, 0.5) is 5.69 Å². The summed E-state index contributed by atoms with van der Waals surface area (Å²) >= 11 is 0. The molecular formula is C16H15N3O3. The second kappa shape index (κ2) is 6.26. The average molecular weight is 297 g/mol. The Balaban J connectivity index is 1.68. The number of nitrogens with zero attached hydrogens (tertiary/aromatic N) is 2. The van der Waals surface area contributed by atoms with Gasteiger partial charge in [-0.25, -0.2) is 0 Å². The monoisotopic (exact) mass is 297 g/mol. The summed E-state index contributed by atoms with van der Waals surface area (Å²) in [6.07, 6.45) is 0. The molecule has 1 heterocycles. The maximum Gasteiger partial charge on any atom is 0.276 e. The van der Waals surface area contributed by atoms with Crippen molar-refractivity contribution in [2.24, 2.45) is 4.99 Å². The Kier molecular flexibility index (Phi) is 4.00. The third kappa shape index (κ3) is 3.06. The second-order valence-corrected chi connectivity index (χ2v) is 4.86. The summed E-state index contributed by atoms with van der Waals surface area (Å²) < 4.78 is 5.64. The number of para-hydroxylation sites is 1. The highest BCUT2D eigenvalue weighted by molar-refractivity contribution is 5.99. The number of rotatable bonds is 5. The topological polar surface area (TPSA) is 76.8 Å². The summed E-state index contributed by atoms with van der Waals surface area (Å²) in [4.78, 5) is 14.9. The van der Waals surface area contributed by atoms with E-state index in [0.717, 1.165) is 24.5 Å². The van der Waals surface area contributed by atoms with E-state index in [0.29, 0.717) is 11.3 Å². The van der Waals surface area contributed by atoms with Gasteiger partial charge in [0.1, 0.15) is 18.2 Å². The zero-order valence-corrected chi connectivity index (χ0v) is 11.9. The van der Waals surface area contributed by atoms with Gasteiger partial charge in [0, 0.05) is 18.2 Å². The van der Waals surface area contributed by atoms with Gasteiger partial charge in [-0.3, -0.25) is 15.1 Å². The lowest BCUT2D eigenvalue weighted by molar-refractivity contribution is -0.385. The van der Waals surface area contributed by atoms with Crippen LogP contribution in [0, 0.1) is 10.1 Å². The zero-order valence-electron chi connectivity index (χ0n) is 11.9. The van der Waals surface area contributed by atoms with E-state index in [1.807, 2.05) is 24.3 Å². The number of aliphatic imine (C=N–C) groups is 1. The largest absolute Gasteiger partial charge is 0.489 e. The summed E-state index contributed by atoms with van der Waals surface area (Å²) in [6, 6.07) is 14.1. The van der Waals surface area contributed by atoms with Crippen LogP contribution in [0.15, 0.2) is 53.5 Å². The molecule has 1 N–H and O–H groups in total. The van der Waals surface area contributed by atoms with Crippen molar-refractivity contribution in [1.82, 2.24) is 5.32 Å². The van der Waals surface area contributed by atoms with Gasteiger partial charge >= 0.3 is 0 Å². The fraction of sp³-hybridized carbons (Fsp3) is 0.188. The van der Waals surface area contributed by atoms with Gasteiger partial charge < -0.3 is 10.1 Å². The first kappa shape index (κ1) is 14.1. The zero-order chi connectivity index (χ0) is 15.4. The van der Waals surface area contributed by atoms with Crippen LogP contribution in [-0.4, -0.2) is 23.8 Å². The Bertz CT molecular complexity index is 711. The molecule has 1 aliphatic rings. The molecule has 0 unspecified atom stereocenters. The van der Waals surface area contributed by atoms with Crippen LogP contribution in [0.5, 0.6) is 5.75 Å². The highest BCUT2D eigenvalue weighted by Crippen LogP contribution is 2.20. The van der Waals surface area contributed by atoms with E-state index in [-0.39, 0.29) is 12.3 Å². The van der Waals surface area contributed by atoms with Crippen molar-refractivity contribution in [3.05, 3.63) is 69.8 Å². The molecule has 0 bridgehead atoms. The number of ether oxygens (including phenoxy) is 1. The first-order valence-corrected chi connectivity index (χ1v) is 6.98. The van der Waals surface area contributed by atoms with E-state index in [4.69, 9.17) is 4.74 Å². The van der Waals surface area contributed by atoms with Crippen molar-refractivity contribution in [2.75, 3.05) is 13.1 Å². The second-order valence-electron chi connectivity index (χ2n) is 4.86. The molecule has 0 atom stereocenters. The Morgan fingerprint density at radius 3 is 2.64 bits per heavy atom. The fourth-order valence-corrected chi connectivity index (χ4v) is 2.27. The normalized spacial score (nSPS) is 13.4. The molecule has 1 aliphatic heterocycles. The SMILES string of the molecule is O=[N+]([O-])c1ccccc1COc1ccc(C2=NCCN2)cc1. The third-order valence-electron chi connectivity index (χ3n) is 3.38. The van der Waals surface area contributed by atoms with Crippen molar-refractivity contribution in [3.63, 3.8) is 0 Å². The Labute approximate surface area is 127 Å². The van der Waals surface area contributed by atoms with E-state index >= 15 is 0 Å². The quantitative estimate of drug-likeness (QED) is 0.679. The molecule has 0 spiro atoms. The summed E-state index contributed by atoms with van der Waals surface area (Å²) in [7, 11) is 0. The molecule has 0 fully saturated rings. The van der Waals surface area contributed by atoms with Crippen LogP contribution in [-0.2, 0) is 6.61 Å². The fourth-order valence-electron chi connectivity index (χ4n) is 2.27. The summed E-state index contributed by atoms with van der Waals surface area (Å²) in [5.41, 5.74) is 1.64. The molecule has 0 amide bonds. The molecule has 2 aromatic carbocycles. The van der Waals surface area contributed by atoms with E-state index < -0.39 is 4.92 Å². The number of hydrogen-bond donors (Lipinski definition) is 1. The first-order chi connectivity index (χ1) is 10.7. The van der Waals surface area contributed by atoms with E-state index in [2.05, 4.69) is 10.3 Å². The third-order valence-corrected chi connectivity index (χ3v) is 3.38. The van der Waals surface area contributed by atoms with Gasteiger partial charge in [-0.1, -0.05) is 12.1 Å². The molecule has 6 nitrogen and oxygen atoms in total. The molecular weight excluding hydrogens is 282 g/mol. The number of nitro groups is 1. The number of benzene rings is 2. The first-order valence-electron chi connectivity index (χ1n) is 6.98. The molecule has 112 valence electrons. The smallest absolute Gasteiger partial charge is 0.276 e. The Hall–Kier alpha value is -2.89. The van der Waals surface area contributed by atoms with E-state index in [1.165, 1.54) is 6.07 Å². The molecule has 0 aliphatic carbocycles. The van der Waals surface area contributed by atoms with E-state index in [9.17, 15) is 10.1 Å². The van der Waals surface area contributed by atoms with Gasteiger partial charge in [0.15, 0.2) is 0 Å². The number of amidine groups is 1. The molecule has 0 saturated carbocycles. The van der Waals surface area contributed by atoms with Crippen LogP contribution >= 0.6 is 0 Å². The van der Waals surface area contributed by atoms with Gasteiger partial charge in [-0.15, -0.1) is 0 Å². The van der Waals surface area contributed by atoms with Crippen molar-refractivity contribution >= 4 is 11.5 Å². The maximum absolute atomic E-state index is 11.0. The molecule has 0 saturated heterocycles. The molecule has 3 rings (SSSR count). The van der Waals surface area contributed by atoms with Gasteiger partial charge in [-0.05, 0) is 30.3 Å². The number of nitrogens with one attached hydrogen (secondary N) is 1. The van der Waals surface area contributed by atoms with E-state index in [1.54, 1.807) is 18.2 Å².